The molecule has 0 saturated carbocycles. The highest BCUT2D eigenvalue weighted by Gasteiger charge is 2.19. The molecule has 0 saturated heterocycles. The molecular weight excluding hydrogens is 617 g/mol. The minimum atomic E-state index is -1.40. The Morgan fingerprint density at radius 2 is 0.700 bits per heavy atom. The Morgan fingerprint density at radius 1 is 0.300 bits per heavy atom. The van der Waals surface area contributed by atoms with Crippen molar-refractivity contribution in [2.45, 2.75) is 19.6 Å². The summed E-state index contributed by atoms with van der Waals surface area (Å²) in [5.74, 6) is 0. The zero-order valence-electron chi connectivity index (χ0n) is 28.7. The number of benzene rings is 9. The number of fused-ring (bicyclic) bond motifs is 4. The molecule has 0 fully saturated rings. The van der Waals surface area contributed by atoms with E-state index in [2.05, 4.69) is 196 Å². The maximum atomic E-state index is 2.42. The summed E-state index contributed by atoms with van der Waals surface area (Å²) in [4.78, 5) is 0. The molecule has 9 rings (SSSR count). The number of rotatable bonds is 5. The third-order valence-corrected chi connectivity index (χ3v) is 12.5. The summed E-state index contributed by atoms with van der Waals surface area (Å²) < 4.78 is 0. The normalized spacial score (nSPS) is 11.9. The molecule has 9 aromatic rings. The van der Waals surface area contributed by atoms with Crippen molar-refractivity contribution >= 4 is 56.4 Å². The van der Waals surface area contributed by atoms with Gasteiger partial charge < -0.3 is 0 Å². The Bertz CT molecular complexity index is 2650. The first-order valence-electron chi connectivity index (χ1n) is 17.6. The highest BCUT2D eigenvalue weighted by molar-refractivity contribution is 6.88. The fourth-order valence-electron chi connectivity index (χ4n) is 7.87. The number of hydrogen-bond donors (Lipinski definition) is 0. The van der Waals surface area contributed by atoms with Crippen molar-refractivity contribution in [1.29, 1.82) is 0 Å². The molecule has 0 atom stereocenters. The van der Waals surface area contributed by atoms with Gasteiger partial charge in [-0.1, -0.05) is 195 Å². The zero-order chi connectivity index (χ0) is 33.8. The third-order valence-electron chi connectivity index (χ3n) is 10.4. The van der Waals surface area contributed by atoms with E-state index in [0.717, 1.165) is 0 Å². The lowest BCUT2D eigenvalue weighted by molar-refractivity contribution is 1.62. The van der Waals surface area contributed by atoms with E-state index in [0.29, 0.717) is 0 Å². The van der Waals surface area contributed by atoms with Gasteiger partial charge >= 0.3 is 0 Å². The summed E-state index contributed by atoms with van der Waals surface area (Å²) in [6.45, 7) is 7.24. The van der Waals surface area contributed by atoms with Crippen molar-refractivity contribution in [2.24, 2.45) is 0 Å². The van der Waals surface area contributed by atoms with E-state index in [1.807, 2.05) is 0 Å². The van der Waals surface area contributed by atoms with E-state index in [-0.39, 0.29) is 0 Å². The second-order valence-electron chi connectivity index (χ2n) is 14.5. The van der Waals surface area contributed by atoms with Gasteiger partial charge in [-0.25, -0.2) is 0 Å². The standard InChI is InChI=1S/C49H38Si/c1-50(2,3)39-30-28-37(29-31-39)48-43-16-6-8-18-45(43)49(46-19-9-7-17-44(46)48)38-27-26-34-14-11-21-42(47(34)32-38)36-24-22-35(23-25-36)41-20-10-13-33-12-4-5-15-40(33)41/h4-32H,1-3H3. The molecule has 9 aromatic carbocycles. The SMILES string of the molecule is C[Si](C)(C)c1ccc(-c2c3ccccc3c(-c3ccc4cccc(-c5ccc(-c6cccc7ccccc67)cc5)c4c3)c3ccccc23)cc1. The van der Waals surface area contributed by atoms with E-state index in [1.165, 1.54) is 92.8 Å². The van der Waals surface area contributed by atoms with Crippen LogP contribution in [0.3, 0.4) is 0 Å². The average Bonchev–Trinajstić information content (AvgIpc) is 3.16. The van der Waals surface area contributed by atoms with Crippen LogP contribution in [0.25, 0.3) is 87.6 Å². The summed E-state index contributed by atoms with van der Waals surface area (Å²) in [6.07, 6.45) is 0. The average molecular weight is 655 g/mol. The Labute approximate surface area is 295 Å². The summed E-state index contributed by atoms with van der Waals surface area (Å²) in [7, 11) is -1.40. The van der Waals surface area contributed by atoms with Gasteiger partial charge in [-0.05, 0) is 93.7 Å². The fourth-order valence-corrected chi connectivity index (χ4v) is 9.04. The molecule has 1 heteroatoms. The van der Waals surface area contributed by atoms with Crippen molar-refractivity contribution in [3.63, 3.8) is 0 Å². The van der Waals surface area contributed by atoms with Gasteiger partial charge in [-0.3, -0.25) is 0 Å². The van der Waals surface area contributed by atoms with Gasteiger partial charge in [0.15, 0.2) is 0 Å². The van der Waals surface area contributed by atoms with Crippen LogP contribution in [0.5, 0.6) is 0 Å². The van der Waals surface area contributed by atoms with Gasteiger partial charge in [0.2, 0.25) is 0 Å². The Hall–Kier alpha value is -5.76. The van der Waals surface area contributed by atoms with Crippen LogP contribution in [0.4, 0.5) is 0 Å². The van der Waals surface area contributed by atoms with Crippen LogP contribution < -0.4 is 5.19 Å². The lowest BCUT2D eigenvalue weighted by atomic mass is 9.85. The van der Waals surface area contributed by atoms with Crippen LogP contribution in [0.2, 0.25) is 19.6 Å². The van der Waals surface area contributed by atoms with Crippen molar-refractivity contribution in [2.75, 3.05) is 0 Å². The van der Waals surface area contributed by atoms with Crippen LogP contribution in [-0.4, -0.2) is 8.07 Å². The van der Waals surface area contributed by atoms with E-state index in [9.17, 15) is 0 Å². The Kier molecular flexibility index (Phi) is 7.26. The van der Waals surface area contributed by atoms with Crippen LogP contribution >= 0.6 is 0 Å². The van der Waals surface area contributed by atoms with Gasteiger partial charge in [0.05, 0.1) is 8.07 Å². The third kappa shape index (κ3) is 5.14. The van der Waals surface area contributed by atoms with Gasteiger partial charge in [0.1, 0.15) is 0 Å². The first kappa shape index (κ1) is 30.3. The molecule has 0 bridgehead atoms. The van der Waals surface area contributed by atoms with Crippen molar-refractivity contribution in [3.05, 3.63) is 176 Å². The molecular formula is C49H38Si. The van der Waals surface area contributed by atoms with Crippen LogP contribution in [-0.2, 0) is 0 Å². The summed E-state index contributed by atoms with van der Waals surface area (Å²) in [5.41, 5.74) is 10.1. The smallest absolute Gasteiger partial charge is 0.0656 e. The molecule has 0 N–H and O–H groups in total. The summed E-state index contributed by atoms with van der Waals surface area (Å²) in [5, 5.41) is 11.7. The molecule has 0 heterocycles. The van der Waals surface area contributed by atoms with E-state index >= 15 is 0 Å². The second kappa shape index (κ2) is 12.0. The predicted octanol–water partition coefficient (Wildman–Crippen LogP) is 13.5. The quantitative estimate of drug-likeness (QED) is 0.128. The summed E-state index contributed by atoms with van der Waals surface area (Å²) in [6, 6.07) is 65.4. The molecule has 0 aliphatic heterocycles. The minimum absolute atomic E-state index is 1.23. The molecule has 0 radical (unpaired) electrons. The molecule has 0 unspecified atom stereocenters. The largest absolute Gasteiger partial charge is 0.0775 e. The minimum Gasteiger partial charge on any atom is -0.0656 e. The Morgan fingerprint density at radius 3 is 1.24 bits per heavy atom. The lowest BCUT2D eigenvalue weighted by Crippen LogP contribution is -2.37. The van der Waals surface area contributed by atoms with E-state index in [4.69, 9.17) is 0 Å². The maximum absolute atomic E-state index is 2.42. The second-order valence-corrected chi connectivity index (χ2v) is 19.6. The highest BCUT2D eigenvalue weighted by Crippen LogP contribution is 2.44. The van der Waals surface area contributed by atoms with E-state index in [1.54, 1.807) is 0 Å². The predicted molar refractivity (Wildman–Crippen MR) is 221 cm³/mol. The first-order valence-corrected chi connectivity index (χ1v) is 21.1. The van der Waals surface area contributed by atoms with Crippen molar-refractivity contribution in [3.8, 4) is 44.5 Å². The topological polar surface area (TPSA) is 0 Å². The molecule has 0 spiro atoms. The van der Waals surface area contributed by atoms with Gasteiger partial charge in [-0.15, -0.1) is 0 Å². The molecule has 0 aliphatic rings. The van der Waals surface area contributed by atoms with Crippen molar-refractivity contribution in [1.82, 2.24) is 0 Å². The molecule has 50 heavy (non-hydrogen) atoms. The van der Waals surface area contributed by atoms with Crippen LogP contribution in [0.1, 0.15) is 0 Å². The van der Waals surface area contributed by atoms with E-state index < -0.39 is 8.07 Å². The van der Waals surface area contributed by atoms with Gasteiger partial charge in [-0.2, -0.15) is 0 Å². The van der Waals surface area contributed by atoms with Crippen LogP contribution in [0, 0.1) is 0 Å². The van der Waals surface area contributed by atoms with Gasteiger partial charge in [0, 0.05) is 0 Å². The lowest BCUT2D eigenvalue weighted by Gasteiger charge is -2.20. The molecule has 0 amide bonds. The molecule has 0 nitrogen and oxygen atoms in total. The molecule has 0 aliphatic carbocycles. The Balaban J connectivity index is 1.21. The summed E-state index contributed by atoms with van der Waals surface area (Å²) >= 11 is 0. The molecule has 0 aromatic heterocycles. The van der Waals surface area contributed by atoms with Crippen molar-refractivity contribution < 1.29 is 0 Å². The van der Waals surface area contributed by atoms with Gasteiger partial charge in [0.25, 0.3) is 0 Å². The van der Waals surface area contributed by atoms with Crippen LogP contribution in [0.15, 0.2) is 176 Å². The zero-order valence-corrected chi connectivity index (χ0v) is 29.7. The fraction of sp³-hybridized carbons (Fsp3) is 0.0612. The highest BCUT2D eigenvalue weighted by atomic mass is 28.3. The number of hydrogen-bond acceptors (Lipinski definition) is 0. The maximum Gasteiger partial charge on any atom is 0.0775 e. The monoisotopic (exact) mass is 654 g/mol. The molecule has 238 valence electrons. The first-order chi connectivity index (χ1) is 24.4.